The van der Waals surface area contributed by atoms with Crippen molar-refractivity contribution in [2.75, 3.05) is 13.7 Å². The second-order valence-corrected chi connectivity index (χ2v) is 5.84. The van der Waals surface area contributed by atoms with E-state index < -0.39 is 0 Å². The van der Waals surface area contributed by atoms with Crippen molar-refractivity contribution in [3.63, 3.8) is 0 Å². The molecule has 0 aliphatic carbocycles. The van der Waals surface area contributed by atoms with Gasteiger partial charge in [-0.1, -0.05) is 12.1 Å². The number of hydrogen-bond acceptors (Lipinski definition) is 3. The molecule has 0 saturated carbocycles. The summed E-state index contributed by atoms with van der Waals surface area (Å²) in [6, 6.07) is 15.4. The van der Waals surface area contributed by atoms with Crippen molar-refractivity contribution in [1.82, 2.24) is 20.3 Å². The molecule has 0 unspecified atom stereocenters. The fourth-order valence-corrected chi connectivity index (χ4v) is 2.87. The van der Waals surface area contributed by atoms with E-state index in [-0.39, 0.29) is 5.91 Å². The van der Waals surface area contributed by atoms with Gasteiger partial charge >= 0.3 is 0 Å². The molecule has 25 heavy (non-hydrogen) atoms. The van der Waals surface area contributed by atoms with Crippen LogP contribution in [0.2, 0.25) is 0 Å². The van der Waals surface area contributed by atoms with Crippen LogP contribution in [-0.4, -0.2) is 34.5 Å². The van der Waals surface area contributed by atoms with Gasteiger partial charge in [-0.3, -0.25) is 4.79 Å². The Morgan fingerprint density at radius 2 is 2.00 bits per heavy atom. The number of amides is 1. The number of fused-ring (bicyclic) bond motifs is 2. The Labute approximate surface area is 144 Å². The average molecular weight is 334 g/mol. The molecule has 0 aliphatic rings. The molecule has 0 bridgehead atoms. The van der Waals surface area contributed by atoms with E-state index in [9.17, 15) is 4.79 Å². The average Bonchev–Trinajstić information content (AvgIpc) is 3.24. The van der Waals surface area contributed by atoms with Gasteiger partial charge in [0.15, 0.2) is 0 Å². The van der Waals surface area contributed by atoms with E-state index in [0.717, 1.165) is 33.5 Å². The van der Waals surface area contributed by atoms with Gasteiger partial charge in [0.05, 0.1) is 18.1 Å². The van der Waals surface area contributed by atoms with Crippen molar-refractivity contribution in [3.05, 3.63) is 60.0 Å². The van der Waals surface area contributed by atoms with Gasteiger partial charge in [-0.2, -0.15) is 0 Å². The molecule has 126 valence electrons. The summed E-state index contributed by atoms with van der Waals surface area (Å²) in [5.41, 5.74) is 3.36. The highest BCUT2D eigenvalue weighted by molar-refractivity contribution is 5.98. The number of nitrogens with zero attached hydrogens (tertiary/aromatic N) is 1. The van der Waals surface area contributed by atoms with Crippen LogP contribution in [0.5, 0.6) is 5.75 Å². The Morgan fingerprint density at radius 3 is 2.84 bits per heavy atom. The lowest BCUT2D eigenvalue weighted by Crippen LogP contribution is -2.26. The maximum absolute atomic E-state index is 12.3. The maximum atomic E-state index is 12.3. The van der Waals surface area contributed by atoms with Crippen molar-refractivity contribution >= 4 is 27.8 Å². The van der Waals surface area contributed by atoms with Crippen LogP contribution in [0, 0.1) is 0 Å². The van der Waals surface area contributed by atoms with E-state index in [4.69, 9.17) is 4.74 Å². The van der Waals surface area contributed by atoms with E-state index in [2.05, 4.69) is 20.3 Å². The fourth-order valence-electron chi connectivity index (χ4n) is 2.87. The second-order valence-electron chi connectivity index (χ2n) is 5.84. The molecular weight excluding hydrogens is 316 g/mol. The quantitative estimate of drug-likeness (QED) is 0.524. The van der Waals surface area contributed by atoms with Crippen LogP contribution in [0.15, 0.2) is 48.5 Å². The first-order valence-corrected chi connectivity index (χ1v) is 8.11. The van der Waals surface area contributed by atoms with Crippen LogP contribution in [0.3, 0.4) is 0 Å². The molecule has 6 nitrogen and oxygen atoms in total. The molecule has 4 aromatic rings. The van der Waals surface area contributed by atoms with Crippen molar-refractivity contribution in [2.45, 2.75) is 6.42 Å². The zero-order valence-electron chi connectivity index (χ0n) is 13.8. The first-order valence-electron chi connectivity index (χ1n) is 8.11. The zero-order chi connectivity index (χ0) is 17.2. The minimum absolute atomic E-state index is 0.133. The van der Waals surface area contributed by atoms with Crippen LogP contribution < -0.4 is 10.1 Å². The molecule has 0 saturated heterocycles. The number of nitrogens with one attached hydrogen (secondary N) is 3. The summed E-state index contributed by atoms with van der Waals surface area (Å²) in [5, 5.41) is 3.90. The van der Waals surface area contributed by atoms with E-state index in [1.807, 2.05) is 48.5 Å². The lowest BCUT2D eigenvalue weighted by molar-refractivity contribution is 0.0950. The molecule has 0 aliphatic heterocycles. The lowest BCUT2D eigenvalue weighted by atomic mass is 10.2. The number of ether oxygens (including phenoxy) is 1. The first kappa shape index (κ1) is 15.3. The van der Waals surface area contributed by atoms with Crippen LogP contribution in [0.4, 0.5) is 0 Å². The summed E-state index contributed by atoms with van der Waals surface area (Å²) < 4.78 is 5.20. The Balaban J connectivity index is 1.41. The van der Waals surface area contributed by atoms with Gasteiger partial charge in [0, 0.05) is 29.9 Å². The molecule has 0 fully saturated rings. The Bertz CT molecular complexity index is 1010. The maximum Gasteiger partial charge on any atom is 0.267 e. The predicted octanol–water partition coefficient (Wildman–Crippen LogP) is 3.03. The summed E-state index contributed by atoms with van der Waals surface area (Å²) in [5.74, 6) is 1.49. The lowest BCUT2D eigenvalue weighted by Gasteiger charge is -2.01. The summed E-state index contributed by atoms with van der Waals surface area (Å²) in [4.78, 5) is 23.2. The van der Waals surface area contributed by atoms with Gasteiger partial charge in [0.25, 0.3) is 5.91 Å². The highest BCUT2D eigenvalue weighted by atomic mass is 16.5. The molecule has 4 rings (SSSR count). The monoisotopic (exact) mass is 334 g/mol. The standard InChI is InChI=1S/C19H18N4O2/c1-25-13-7-6-12-10-17(21-16(12)11-13)19(24)20-9-8-18-22-14-4-2-3-5-15(14)23-18/h2-7,10-11,21H,8-9H2,1H3,(H,20,24)(H,22,23). The predicted molar refractivity (Wildman–Crippen MR) is 97.0 cm³/mol. The number of para-hydroxylation sites is 2. The zero-order valence-corrected chi connectivity index (χ0v) is 13.8. The van der Waals surface area contributed by atoms with Crippen LogP contribution in [-0.2, 0) is 6.42 Å². The third kappa shape index (κ3) is 3.06. The van der Waals surface area contributed by atoms with E-state index in [1.54, 1.807) is 7.11 Å². The number of methoxy groups -OCH3 is 1. The van der Waals surface area contributed by atoms with Crippen LogP contribution in [0.1, 0.15) is 16.3 Å². The minimum atomic E-state index is -0.133. The van der Waals surface area contributed by atoms with Gasteiger partial charge in [-0.05, 0) is 30.3 Å². The second kappa shape index (κ2) is 6.32. The van der Waals surface area contributed by atoms with Crippen molar-refractivity contribution < 1.29 is 9.53 Å². The summed E-state index contributed by atoms with van der Waals surface area (Å²) in [7, 11) is 1.62. The number of benzene rings is 2. The molecule has 2 aromatic carbocycles. The molecule has 2 heterocycles. The third-order valence-corrected chi connectivity index (χ3v) is 4.16. The Hall–Kier alpha value is -3.28. The van der Waals surface area contributed by atoms with Gasteiger partial charge in [-0.15, -0.1) is 0 Å². The van der Waals surface area contributed by atoms with Crippen LogP contribution >= 0.6 is 0 Å². The molecule has 2 aromatic heterocycles. The molecule has 1 amide bonds. The minimum Gasteiger partial charge on any atom is -0.497 e. The van der Waals surface area contributed by atoms with Crippen LogP contribution in [0.25, 0.3) is 21.9 Å². The van der Waals surface area contributed by atoms with Gasteiger partial charge in [-0.25, -0.2) is 4.98 Å². The number of hydrogen-bond donors (Lipinski definition) is 3. The normalized spacial score (nSPS) is 11.1. The molecular formula is C19H18N4O2. The molecule has 0 radical (unpaired) electrons. The van der Waals surface area contributed by atoms with Crippen molar-refractivity contribution in [1.29, 1.82) is 0 Å². The van der Waals surface area contributed by atoms with Crippen molar-refractivity contribution in [2.24, 2.45) is 0 Å². The fraction of sp³-hybridized carbons (Fsp3) is 0.158. The number of carbonyl (C=O) groups is 1. The van der Waals surface area contributed by atoms with Gasteiger partial charge in [0.1, 0.15) is 17.3 Å². The Morgan fingerprint density at radius 1 is 1.12 bits per heavy atom. The highest BCUT2D eigenvalue weighted by Gasteiger charge is 2.10. The number of aromatic amines is 2. The number of H-pyrrole nitrogens is 2. The number of imidazole rings is 1. The Kier molecular flexibility index (Phi) is 3.85. The largest absolute Gasteiger partial charge is 0.497 e. The van der Waals surface area contributed by atoms with Gasteiger partial charge < -0.3 is 20.0 Å². The molecule has 0 atom stereocenters. The molecule has 0 spiro atoms. The van der Waals surface area contributed by atoms with E-state index in [1.165, 1.54) is 0 Å². The van der Waals surface area contributed by atoms with E-state index in [0.29, 0.717) is 18.7 Å². The van der Waals surface area contributed by atoms with Crippen molar-refractivity contribution in [3.8, 4) is 5.75 Å². The summed E-state index contributed by atoms with van der Waals surface area (Å²) in [6.07, 6.45) is 0.647. The third-order valence-electron chi connectivity index (χ3n) is 4.16. The number of rotatable bonds is 5. The highest BCUT2D eigenvalue weighted by Crippen LogP contribution is 2.21. The summed E-state index contributed by atoms with van der Waals surface area (Å²) >= 11 is 0. The number of aromatic nitrogens is 3. The molecule has 3 N–H and O–H groups in total. The first-order chi connectivity index (χ1) is 12.2. The van der Waals surface area contributed by atoms with Gasteiger partial charge in [0.2, 0.25) is 0 Å². The topological polar surface area (TPSA) is 82.8 Å². The number of carbonyl (C=O) groups excluding carboxylic acids is 1. The summed E-state index contributed by atoms with van der Waals surface area (Å²) in [6.45, 7) is 0.511. The smallest absolute Gasteiger partial charge is 0.267 e. The SMILES string of the molecule is COc1ccc2cc(C(=O)NCCc3nc4ccccc4[nH]3)[nH]c2c1. The van der Waals surface area contributed by atoms with E-state index >= 15 is 0 Å². The molecule has 6 heteroatoms.